The van der Waals surface area contributed by atoms with Crippen molar-refractivity contribution in [3.63, 3.8) is 0 Å². The first kappa shape index (κ1) is 11.2. The Balaban J connectivity index is 2.23. The predicted octanol–water partition coefficient (Wildman–Crippen LogP) is 2.25. The number of rotatable bonds is 2. The maximum Gasteiger partial charge on any atom is 0.261 e. The Morgan fingerprint density at radius 1 is 1.35 bits per heavy atom. The van der Waals surface area contributed by atoms with Crippen molar-refractivity contribution < 1.29 is 14.4 Å². The molecule has 2 N–H and O–H groups in total. The van der Waals surface area contributed by atoms with Crippen LogP contribution in [0.2, 0.25) is 0 Å². The summed E-state index contributed by atoms with van der Waals surface area (Å²) in [5.74, 6) is -0.197. The monoisotopic (exact) mass is 232 g/mol. The van der Waals surface area contributed by atoms with Gasteiger partial charge in [-0.25, -0.2) is 0 Å². The quantitative estimate of drug-likeness (QED) is 0.832. The average molecular weight is 232 g/mol. The highest BCUT2D eigenvalue weighted by atomic mass is 16.5. The number of aromatic nitrogens is 1. The molecule has 2 aromatic rings. The summed E-state index contributed by atoms with van der Waals surface area (Å²) in [7, 11) is 0. The number of nitrogens with one attached hydrogen (secondary N) is 1. The van der Waals surface area contributed by atoms with E-state index in [2.05, 4.69) is 10.5 Å². The van der Waals surface area contributed by atoms with Gasteiger partial charge in [-0.15, -0.1) is 0 Å². The van der Waals surface area contributed by atoms with Gasteiger partial charge in [-0.1, -0.05) is 17.3 Å². The van der Waals surface area contributed by atoms with Gasteiger partial charge in [0.25, 0.3) is 5.91 Å². The van der Waals surface area contributed by atoms with Crippen LogP contribution in [-0.2, 0) is 0 Å². The Kier molecular flexibility index (Phi) is 2.82. The Labute approximate surface area is 98.1 Å². The molecule has 0 bridgehead atoms. The van der Waals surface area contributed by atoms with Crippen LogP contribution in [0, 0.1) is 13.8 Å². The number of amides is 1. The van der Waals surface area contributed by atoms with E-state index in [4.69, 9.17) is 4.52 Å². The van der Waals surface area contributed by atoms with Crippen molar-refractivity contribution in [1.29, 1.82) is 0 Å². The van der Waals surface area contributed by atoms with E-state index >= 15 is 0 Å². The molecule has 5 heteroatoms. The van der Waals surface area contributed by atoms with Crippen LogP contribution >= 0.6 is 0 Å². The molecular formula is C12H12N2O3. The Hall–Kier alpha value is -2.30. The molecule has 0 aliphatic heterocycles. The molecule has 0 saturated carbocycles. The lowest BCUT2D eigenvalue weighted by molar-refractivity contribution is 0.102. The number of hydrogen-bond donors (Lipinski definition) is 2. The normalized spacial score (nSPS) is 10.2. The summed E-state index contributed by atoms with van der Waals surface area (Å²) in [5, 5.41) is 15.8. The van der Waals surface area contributed by atoms with Crippen molar-refractivity contribution in [2.24, 2.45) is 0 Å². The number of hydrogen-bond acceptors (Lipinski definition) is 4. The van der Waals surface area contributed by atoms with E-state index in [0.717, 1.165) is 11.3 Å². The molecule has 1 heterocycles. The van der Waals surface area contributed by atoms with Gasteiger partial charge in [-0.3, -0.25) is 10.1 Å². The number of nitrogens with zero attached hydrogens (tertiary/aromatic N) is 1. The number of carbonyl (C=O) groups is 1. The van der Waals surface area contributed by atoms with Gasteiger partial charge in [0.05, 0.1) is 11.3 Å². The molecule has 0 aliphatic carbocycles. The minimum absolute atomic E-state index is 0.0705. The van der Waals surface area contributed by atoms with Crippen LogP contribution in [-0.4, -0.2) is 16.2 Å². The molecule has 5 nitrogen and oxygen atoms in total. The van der Waals surface area contributed by atoms with E-state index < -0.39 is 5.91 Å². The van der Waals surface area contributed by atoms with Crippen molar-refractivity contribution in [3.05, 3.63) is 41.1 Å². The van der Waals surface area contributed by atoms with Crippen molar-refractivity contribution >= 4 is 11.8 Å². The van der Waals surface area contributed by atoms with Crippen LogP contribution < -0.4 is 5.32 Å². The number of para-hydroxylation sites is 1. The summed E-state index contributed by atoms with van der Waals surface area (Å²) in [6.07, 6.45) is 0. The van der Waals surface area contributed by atoms with Gasteiger partial charge >= 0.3 is 0 Å². The maximum absolute atomic E-state index is 11.8. The van der Waals surface area contributed by atoms with Gasteiger partial charge in [0.2, 0.25) is 5.88 Å². The van der Waals surface area contributed by atoms with Gasteiger partial charge in [-0.2, -0.15) is 0 Å². The molecule has 0 saturated heterocycles. The van der Waals surface area contributed by atoms with Crippen LogP contribution in [0.1, 0.15) is 21.6 Å². The fourth-order valence-corrected chi connectivity index (χ4v) is 1.37. The summed E-state index contributed by atoms with van der Waals surface area (Å²) >= 11 is 0. The fourth-order valence-electron chi connectivity index (χ4n) is 1.37. The molecule has 0 radical (unpaired) electrons. The minimum atomic E-state index is -0.428. The van der Waals surface area contributed by atoms with E-state index in [-0.39, 0.29) is 11.3 Å². The fraction of sp³-hybridized carbons (Fsp3) is 0.167. The summed E-state index contributed by atoms with van der Waals surface area (Å²) < 4.78 is 4.96. The highest BCUT2D eigenvalue weighted by molar-refractivity contribution is 6.05. The highest BCUT2D eigenvalue weighted by Crippen LogP contribution is 2.21. The SMILES string of the molecule is Cc1noc(NC(=O)c2ccccc2O)c1C. The molecule has 2 rings (SSSR count). The number of aryl methyl sites for hydroxylation is 1. The first-order valence-electron chi connectivity index (χ1n) is 5.12. The van der Waals surface area contributed by atoms with Gasteiger partial charge < -0.3 is 9.63 Å². The number of phenolic OH excluding ortho intramolecular Hbond substituents is 1. The topological polar surface area (TPSA) is 75.4 Å². The molecule has 1 aromatic heterocycles. The van der Waals surface area contributed by atoms with Crippen molar-refractivity contribution in [2.45, 2.75) is 13.8 Å². The van der Waals surface area contributed by atoms with Crippen LogP contribution in [0.3, 0.4) is 0 Å². The number of anilines is 1. The Bertz CT molecular complexity index is 561. The molecule has 0 spiro atoms. The van der Waals surface area contributed by atoms with E-state index in [1.165, 1.54) is 12.1 Å². The molecule has 88 valence electrons. The second kappa shape index (κ2) is 4.29. The smallest absolute Gasteiger partial charge is 0.261 e. The molecule has 17 heavy (non-hydrogen) atoms. The van der Waals surface area contributed by atoms with Crippen LogP contribution in [0.5, 0.6) is 5.75 Å². The summed E-state index contributed by atoms with van der Waals surface area (Å²) in [5.41, 5.74) is 1.69. The number of phenols is 1. The van der Waals surface area contributed by atoms with Gasteiger partial charge in [-0.05, 0) is 26.0 Å². The summed E-state index contributed by atoms with van der Waals surface area (Å²) in [4.78, 5) is 11.8. The zero-order chi connectivity index (χ0) is 12.4. The van der Waals surface area contributed by atoms with Crippen molar-refractivity contribution in [3.8, 4) is 5.75 Å². The van der Waals surface area contributed by atoms with E-state index in [1.54, 1.807) is 26.0 Å². The second-order valence-corrected chi connectivity index (χ2v) is 3.69. The van der Waals surface area contributed by atoms with Crippen LogP contribution in [0.4, 0.5) is 5.88 Å². The van der Waals surface area contributed by atoms with Crippen LogP contribution in [0.25, 0.3) is 0 Å². The first-order chi connectivity index (χ1) is 8.09. The standard InChI is InChI=1S/C12H12N2O3/c1-7-8(2)14-17-12(7)13-11(16)9-5-3-4-6-10(9)15/h3-6,15H,1-2H3,(H,13,16). The molecule has 0 unspecified atom stereocenters. The minimum Gasteiger partial charge on any atom is -0.507 e. The van der Waals surface area contributed by atoms with Gasteiger partial charge in [0.1, 0.15) is 5.75 Å². The van der Waals surface area contributed by atoms with Crippen molar-refractivity contribution in [1.82, 2.24) is 5.16 Å². The molecule has 0 aliphatic rings. The molecule has 0 fully saturated rings. The lowest BCUT2D eigenvalue weighted by Crippen LogP contribution is -2.12. The first-order valence-corrected chi connectivity index (χ1v) is 5.12. The third-order valence-corrected chi connectivity index (χ3v) is 2.53. The van der Waals surface area contributed by atoms with Gasteiger partial charge in [0, 0.05) is 5.56 Å². The largest absolute Gasteiger partial charge is 0.507 e. The molecule has 1 amide bonds. The van der Waals surface area contributed by atoms with Crippen molar-refractivity contribution in [2.75, 3.05) is 5.32 Å². The third kappa shape index (κ3) is 2.13. The molecular weight excluding hydrogens is 220 g/mol. The lowest BCUT2D eigenvalue weighted by Gasteiger charge is -2.03. The zero-order valence-corrected chi connectivity index (χ0v) is 9.52. The van der Waals surface area contributed by atoms with E-state index in [9.17, 15) is 9.90 Å². The number of benzene rings is 1. The third-order valence-electron chi connectivity index (χ3n) is 2.53. The Morgan fingerprint density at radius 3 is 2.65 bits per heavy atom. The number of carbonyl (C=O) groups excluding carboxylic acids is 1. The lowest BCUT2D eigenvalue weighted by atomic mass is 10.2. The Morgan fingerprint density at radius 2 is 2.06 bits per heavy atom. The predicted molar refractivity (Wildman–Crippen MR) is 62.0 cm³/mol. The molecule has 0 atom stereocenters. The van der Waals surface area contributed by atoms with Gasteiger partial charge in [0.15, 0.2) is 0 Å². The average Bonchev–Trinajstić information content (AvgIpc) is 2.61. The zero-order valence-electron chi connectivity index (χ0n) is 9.52. The summed E-state index contributed by atoms with van der Waals surface area (Å²) in [6.45, 7) is 3.58. The maximum atomic E-state index is 11.8. The molecule has 1 aromatic carbocycles. The summed E-state index contributed by atoms with van der Waals surface area (Å²) in [6, 6.07) is 6.31. The van der Waals surface area contributed by atoms with Crippen LogP contribution in [0.15, 0.2) is 28.8 Å². The van der Waals surface area contributed by atoms with E-state index in [0.29, 0.717) is 5.88 Å². The highest BCUT2D eigenvalue weighted by Gasteiger charge is 2.15. The van der Waals surface area contributed by atoms with E-state index in [1.807, 2.05) is 0 Å². The number of aromatic hydroxyl groups is 1. The second-order valence-electron chi connectivity index (χ2n) is 3.69.